The summed E-state index contributed by atoms with van der Waals surface area (Å²) >= 11 is 0. The van der Waals surface area contributed by atoms with E-state index >= 15 is 0 Å². The van der Waals surface area contributed by atoms with Crippen LogP contribution in [0.15, 0.2) is 0 Å². The molecule has 114 valence electrons. The second-order valence-electron chi connectivity index (χ2n) is 5.02. The van der Waals surface area contributed by atoms with Crippen LogP contribution in [0.2, 0.25) is 0 Å². The number of rotatable bonds is 7. The third-order valence-corrected chi connectivity index (χ3v) is 3.54. The van der Waals surface area contributed by atoms with Gasteiger partial charge in [-0.2, -0.15) is 0 Å². The first-order valence-corrected chi connectivity index (χ1v) is 6.70. The van der Waals surface area contributed by atoms with Gasteiger partial charge in [-0.25, -0.2) is 0 Å². The predicted molar refractivity (Wildman–Crippen MR) is 71.0 cm³/mol. The number of carboxylic acids is 1. The van der Waals surface area contributed by atoms with Gasteiger partial charge in [-0.15, -0.1) is 0 Å². The van der Waals surface area contributed by atoms with E-state index in [0.29, 0.717) is 26.0 Å². The highest BCUT2D eigenvalue weighted by Crippen LogP contribution is 2.33. The summed E-state index contributed by atoms with van der Waals surface area (Å²) < 4.78 is 4.81. The van der Waals surface area contributed by atoms with Crippen molar-refractivity contribution >= 4 is 17.8 Å². The second-order valence-corrected chi connectivity index (χ2v) is 5.02. The van der Waals surface area contributed by atoms with Crippen LogP contribution in [0.4, 0.5) is 0 Å². The molecule has 1 saturated carbocycles. The van der Waals surface area contributed by atoms with Crippen LogP contribution in [-0.4, -0.2) is 61.6 Å². The fraction of sp³-hybridized carbons (Fsp3) is 0.769. The Bertz CT molecular complexity index is 372. The number of nitrogens with zero attached hydrogens (tertiary/aromatic N) is 1. The Morgan fingerprint density at radius 2 is 1.95 bits per heavy atom. The summed E-state index contributed by atoms with van der Waals surface area (Å²) in [6.07, 6.45) is 1.84. The zero-order valence-corrected chi connectivity index (χ0v) is 11.9. The minimum atomic E-state index is -0.932. The Labute approximate surface area is 118 Å². The van der Waals surface area contributed by atoms with Gasteiger partial charge in [0.15, 0.2) is 0 Å². The molecule has 2 unspecified atom stereocenters. The van der Waals surface area contributed by atoms with Gasteiger partial charge in [0.2, 0.25) is 11.8 Å². The van der Waals surface area contributed by atoms with Crippen molar-refractivity contribution in [2.45, 2.75) is 19.3 Å². The molecule has 0 saturated heterocycles. The molecule has 0 aromatic rings. The summed E-state index contributed by atoms with van der Waals surface area (Å²) in [6.45, 7) is 0.733. The van der Waals surface area contributed by atoms with Gasteiger partial charge in [0.1, 0.15) is 0 Å². The maximum absolute atomic E-state index is 12.2. The summed E-state index contributed by atoms with van der Waals surface area (Å²) in [7, 11) is 3.06. The van der Waals surface area contributed by atoms with Crippen molar-refractivity contribution in [3.63, 3.8) is 0 Å². The lowest BCUT2D eigenvalue weighted by Crippen LogP contribution is -2.43. The van der Waals surface area contributed by atoms with Gasteiger partial charge in [-0.3, -0.25) is 14.4 Å². The molecule has 0 aromatic heterocycles. The fourth-order valence-corrected chi connectivity index (χ4v) is 2.48. The van der Waals surface area contributed by atoms with E-state index in [0.717, 1.165) is 6.42 Å². The monoisotopic (exact) mass is 286 g/mol. The number of nitrogens with one attached hydrogen (secondary N) is 1. The molecule has 0 aliphatic heterocycles. The number of aliphatic carboxylic acids is 1. The Morgan fingerprint density at radius 3 is 2.55 bits per heavy atom. The van der Waals surface area contributed by atoms with E-state index in [9.17, 15) is 14.4 Å². The van der Waals surface area contributed by atoms with Crippen molar-refractivity contribution in [3.8, 4) is 0 Å². The first kappa shape index (κ1) is 16.4. The van der Waals surface area contributed by atoms with E-state index in [1.165, 1.54) is 19.1 Å². The highest BCUT2D eigenvalue weighted by atomic mass is 16.5. The van der Waals surface area contributed by atoms with Crippen molar-refractivity contribution in [1.82, 2.24) is 10.2 Å². The normalized spacial score (nSPS) is 21.5. The minimum Gasteiger partial charge on any atom is -0.481 e. The van der Waals surface area contributed by atoms with Gasteiger partial charge in [-0.05, 0) is 12.8 Å². The van der Waals surface area contributed by atoms with Crippen molar-refractivity contribution < 1.29 is 24.2 Å². The number of carbonyl (C=O) groups is 3. The lowest BCUT2D eigenvalue weighted by molar-refractivity contribution is -0.149. The van der Waals surface area contributed by atoms with Gasteiger partial charge in [0.25, 0.3) is 0 Å². The Kier molecular flexibility index (Phi) is 6.44. The summed E-state index contributed by atoms with van der Waals surface area (Å²) in [5, 5.41) is 11.7. The molecule has 7 heteroatoms. The van der Waals surface area contributed by atoms with Crippen LogP contribution in [0, 0.1) is 11.8 Å². The molecule has 0 aromatic carbocycles. The molecule has 2 amide bonds. The first-order chi connectivity index (χ1) is 9.47. The van der Waals surface area contributed by atoms with Crippen LogP contribution in [0.5, 0.6) is 0 Å². The van der Waals surface area contributed by atoms with Crippen molar-refractivity contribution in [2.75, 3.05) is 33.9 Å². The highest BCUT2D eigenvalue weighted by molar-refractivity contribution is 5.88. The molecule has 1 aliphatic carbocycles. The second kappa shape index (κ2) is 7.84. The number of carbonyl (C=O) groups excluding carboxylic acids is 2. The SMILES string of the molecule is COCCNC(=O)CN(C)C(=O)C1CCCC1C(=O)O. The molecule has 2 N–H and O–H groups in total. The van der Waals surface area contributed by atoms with Gasteiger partial charge >= 0.3 is 5.97 Å². The standard InChI is InChI=1S/C13H22N2O5/c1-15(8-11(16)14-6-7-20-2)12(17)9-4-3-5-10(9)13(18)19/h9-10H,3-8H2,1-2H3,(H,14,16)(H,18,19). The third kappa shape index (κ3) is 4.48. The largest absolute Gasteiger partial charge is 0.481 e. The van der Waals surface area contributed by atoms with Crippen LogP contribution in [-0.2, 0) is 19.1 Å². The Hall–Kier alpha value is -1.63. The number of amides is 2. The number of methoxy groups -OCH3 is 1. The van der Waals surface area contributed by atoms with Gasteiger partial charge in [0.05, 0.1) is 25.0 Å². The van der Waals surface area contributed by atoms with E-state index in [1.54, 1.807) is 0 Å². The lowest BCUT2D eigenvalue weighted by Gasteiger charge is -2.23. The topological polar surface area (TPSA) is 95.9 Å². The average molecular weight is 286 g/mol. The van der Waals surface area contributed by atoms with Gasteiger partial charge in [0, 0.05) is 20.7 Å². The highest BCUT2D eigenvalue weighted by Gasteiger charge is 2.39. The molecular formula is C13H22N2O5. The number of carboxylic acid groups (broad SMARTS) is 1. The van der Waals surface area contributed by atoms with Gasteiger partial charge < -0.3 is 20.1 Å². The number of hydrogen-bond donors (Lipinski definition) is 2. The predicted octanol–water partition coefficient (Wildman–Crippen LogP) is -0.292. The molecular weight excluding hydrogens is 264 g/mol. The quantitative estimate of drug-likeness (QED) is 0.627. The van der Waals surface area contributed by atoms with Crippen molar-refractivity contribution in [2.24, 2.45) is 11.8 Å². The molecule has 0 spiro atoms. The molecule has 7 nitrogen and oxygen atoms in total. The van der Waals surface area contributed by atoms with Crippen LogP contribution < -0.4 is 5.32 Å². The zero-order chi connectivity index (χ0) is 15.1. The molecule has 1 fully saturated rings. The minimum absolute atomic E-state index is 0.0641. The van der Waals surface area contributed by atoms with E-state index in [1.807, 2.05) is 0 Å². The molecule has 1 aliphatic rings. The summed E-state index contributed by atoms with van der Waals surface area (Å²) in [5.41, 5.74) is 0. The first-order valence-electron chi connectivity index (χ1n) is 6.70. The van der Waals surface area contributed by atoms with E-state index < -0.39 is 17.8 Å². The fourth-order valence-electron chi connectivity index (χ4n) is 2.48. The van der Waals surface area contributed by atoms with Crippen molar-refractivity contribution in [1.29, 1.82) is 0 Å². The van der Waals surface area contributed by atoms with Crippen LogP contribution >= 0.6 is 0 Å². The zero-order valence-electron chi connectivity index (χ0n) is 11.9. The maximum atomic E-state index is 12.2. The molecule has 1 rings (SSSR count). The average Bonchev–Trinajstić information content (AvgIpc) is 2.87. The van der Waals surface area contributed by atoms with Gasteiger partial charge in [-0.1, -0.05) is 6.42 Å². The number of ether oxygens (including phenoxy) is 1. The smallest absolute Gasteiger partial charge is 0.307 e. The van der Waals surface area contributed by atoms with E-state index in [-0.39, 0.29) is 18.4 Å². The van der Waals surface area contributed by atoms with E-state index in [2.05, 4.69) is 5.32 Å². The number of hydrogen-bond acceptors (Lipinski definition) is 4. The molecule has 2 atom stereocenters. The third-order valence-electron chi connectivity index (χ3n) is 3.54. The van der Waals surface area contributed by atoms with E-state index in [4.69, 9.17) is 9.84 Å². The van der Waals surface area contributed by atoms with Crippen LogP contribution in [0.25, 0.3) is 0 Å². The lowest BCUT2D eigenvalue weighted by atomic mass is 9.95. The molecule has 0 heterocycles. The number of likely N-dealkylation sites (N-methyl/N-ethyl adjacent to an activating group) is 1. The molecule has 20 heavy (non-hydrogen) atoms. The summed E-state index contributed by atoms with van der Waals surface area (Å²) in [6, 6.07) is 0. The Morgan fingerprint density at radius 1 is 1.30 bits per heavy atom. The summed E-state index contributed by atoms with van der Waals surface area (Å²) in [5.74, 6) is -2.61. The maximum Gasteiger partial charge on any atom is 0.307 e. The summed E-state index contributed by atoms with van der Waals surface area (Å²) in [4.78, 5) is 36.1. The van der Waals surface area contributed by atoms with Crippen LogP contribution in [0.3, 0.4) is 0 Å². The van der Waals surface area contributed by atoms with Crippen molar-refractivity contribution in [3.05, 3.63) is 0 Å². The molecule has 0 radical (unpaired) electrons. The molecule has 0 bridgehead atoms. The van der Waals surface area contributed by atoms with Crippen LogP contribution in [0.1, 0.15) is 19.3 Å². The Balaban J connectivity index is 2.46.